The van der Waals surface area contributed by atoms with Crippen LogP contribution in [0.2, 0.25) is 0 Å². The second-order valence-corrected chi connectivity index (χ2v) is 5.96. The van der Waals surface area contributed by atoms with Crippen molar-refractivity contribution >= 4 is 5.69 Å². The standard InChI is InChI=1S/C16H24FN3/c1-12(18-2)16-14(17)6-3-7-15(16)20-10-9-19-8-4-5-13(19)11-20/h3,6-7,12-13,18H,4-5,8-11H2,1-2H3. The fourth-order valence-corrected chi connectivity index (χ4v) is 3.58. The van der Waals surface area contributed by atoms with Crippen molar-refractivity contribution in [3.63, 3.8) is 0 Å². The Balaban J connectivity index is 1.88. The number of rotatable bonds is 3. The van der Waals surface area contributed by atoms with E-state index in [0.29, 0.717) is 6.04 Å². The number of hydrogen-bond acceptors (Lipinski definition) is 3. The van der Waals surface area contributed by atoms with Crippen LogP contribution in [-0.2, 0) is 0 Å². The number of benzene rings is 1. The maximum Gasteiger partial charge on any atom is 0.130 e. The molecule has 4 heteroatoms. The number of hydrogen-bond donors (Lipinski definition) is 1. The van der Waals surface area contributed by atoms with Crippen molar-refractivity contribution in [3.8, 4) is 0 Å². The van der Waals surface area contributed by atoms with Gasteiger partial charge in [0.25, 0.3) is 0 Å². The van der Waals surface area contributed by atoms with Crippen molar-refractivity contribution in [3.05, 3.63) is 29.6 Å². The van der Waals surface area contributed by atoms with Gasteiger partial charge in [-0.1, -0.05) is 6.07 Å². The van der Waals surface area contributed by atoms with Crippen molar-refractivity contribution < 1.29 is 4.39 Å². The Bertz CT molecular complexity index is 477. The van der Waals surface area contributed by atoms with Crippen LogP contribution in [0.1, 0.15) is 31.4 Å². The lowest BCUT2D eigenvalue weighted by Gasteiger charge is -2.40. The smallest absolute Gasteiger partial charge is 0.130 e. The van der Waals surface area contributed by atoms with Gasteiger partial charge < -0.3 is 10.2 Å². The average molecular weight is 277 g/mol. The first-order chi connectivity index (χ1) is 9.70. The molecule has 0 saturated carbocycles. The van der Waals surface area contributed by atoms with Gasteiger partial charge in [-0.25, -0.2) is 4.39 Å². The van der Waals surface area contributed by atoms with E-state index in [-0.39, 0.29) is 11.9 Å². The van der Waals surface area contributed by atoms with Gasteiger partial charge in [-0.05, 0) is 45.5 Å². The predicted molar refractivity (Wildman–Crippen MR) is 80.7 cm³/mol. The summed E-state index contributed by atoms with van der Waals surface area (Å²) in [6.45, 7) is 6.40. The Hall–Kier alpha value is -1.13. The van der Waals surface area contributed by atoms with E-state index in [4.69, 9.17) is 0 Å². The summed E-state index contributed by atoms with van der Waals surface area (Å²) in [5.41, 5.74) is 1.87. The van der Waals surface area contributed by atoms with Gasteiger partial charge in [0.1, 0.15) is 5.82 Å². The number of nitrogens with zero attached hydrogens (tertiary/aromatic N) is 2. The molecule has 20 heavy (non-hydrogen) atoms. The zero-order valence-electron chi connectivity index (χ0n) is 12.4. The van der Waals surface area contributed by atoms with Crippen LogP contribution >= 0.6 is 0 Å². The molecule has 1 aromatic rings. The van der Waals surface area contributed by atoms with Gasteiger partial charge in [-0.15, -0.1) is 0 Å². The lowest BCUT2D eigenvalue weighted by molar-refractivity contribution is 0.230. The van der Waals surface area contributed by atoms with Gasteiger partial charge in [0.05, 0.1) is 0 Å². The third kappa shape index (κ3) is 2.42. The molecule has 3 nitrogen and oxygen atoms in total. The summed E-state index contributed by atoms with van der Waals surface area (Å²) >= 11 is 0. The molecule has 2 aliphatic rings. The van der Waals surface area contributed by atoms with Crippen molar-refractivity contribution in [2.75, 3.05) is 38.1 Å². The zero-order chi connectivity index (χ0) is 14.1. The fourth-order valence-electron chi connectivity index (χ4n) is 3.58. The van der Waals surface area contributed by atoms with Crippen molar-refractivity contribution in [1.82, 2.24) is 10.2 Å². The Morgan fingerprint density at radius 2 is 2.15 bits per heavy atom. The summed E-state index contributed by atoms with van der Waals surface area (Å²) in [4.78, 5) is 4.95. The molecular formula is C16H24FN3. The van der Waals surface area contributed by atoms with E-state index in [1.165, 1.54) is 19.4 Å². The largest absolute Gasteiger partial charge is 0.368 e. The highest BCUT2D eigenvalue weighted by Crippen LogP contribution is 2.32. The molecule has 2 atom stereocenters. The first-order valence-corrected chi connectivity index (χ1v) is 7.65. The molecule has 0 amide bonds. The Labute approximate surface area is 120 Å². The summed E-state index contributed by atoms with van der Waals surface area (Å²) in [5.74, 6) is -0.0989. The lowest BCUT2D eigenvalue weighted by Crippen LogP contribution is -2.50. The highest BCUT2D eigenvalue weighted by Gasteiger charge is 2.32. The topological polar surface area (TPSA) is 18.5 Å². The zero-order valence-corrected chi connectivity index (χ0v) is 12.4. The van der Waals surface area contributed by atoms with Crippen LogP contribution in [0.4, 0.5) is 10.1 Å². The first-order valence-electron chi connectivity index (χ1n) is 7.65. The summed E-state index contributed by atoms with van der Waals surface area (Å²) < 4.78 is 14.2. The molecule has 2 unspecified atom stereocenters. The number of piperazine rings is 1. The molecule has 0 bridgehead atoms. The molecule has 0 spiro atoms. The van der Waals surface area contributed by atoms with Gasteiger partial charge >= 0.3 is 0 Å². The second-order valence-electron chi connectivity index (χ2n) is 5.96. The monoisotopic (exact) mass is 277 g/mol. The number of fused-ring (bicyclic) bond motifs is 1. The van der Waals surface area contributed by atoms with Crippen molar-refractivity contribution in [1.29, 1.82) is 0 Å². The van der Waals surface area contributed by atoms with Gasteiger partial charge in [0.2, 0.25) is 0 Å². The van der Waals surface area contributed by atoms with Crippen molar-refractivity contribution in [2.24, 2.45) is 0 Å². The van der Waals surface area contributed by atoms with Gasteiger partial charge in [0.15, 0.2) is 0 Å². The van der Waals surface area contributed by atoms with Crippen LogP contribution in [0.15, 0.2) is 18.2 Å². The number of anilines is 1. The van der Waals surface area contributed by atoms with Crippen LogP contribution in [0, 0.1) is 5.82 Å². The third-order valence-electron chi connectivity index (χ3n) is 4.82. The molecular weight excluding hydrogens is 253 g/mol. The van der Waals surface area contributed by atoms with E-state index in [0.717, 1.165) is 30.9 Å². The summed E-state index contributed by atoms with van der Waals surface area (Å²) in [6.07, 6.45) is 2.59. The maximum absolute atomic E-state index is 14.2. The molecule has 2 heterocycles. The van der Waals surface area contributed by atoms with E-state index >= 15 is 0 Å². The lowest BCUT2D eigenvalue weighted by atomic mass is 10.0. The van der Waals surface area contributed by atoms with E-state index < -0.39 is 0 Å². The molecule has 110 valence electrons. The molecule has 2 fully saturated rings. The molecule has 0 radical (unpaired) electrons. The van der Waals surface area contributed by atoms with Gasteiger partial charge in [-0.3, -0.25) is 4.90 Å². The Kier molecular flexibility index (Phi) is 3.94. The second kappa shape index (κ2) is 5.70. The average Bonchev–Trinajstić information content (AvgIpc) is 2.93. The van der Waals surface area contributed by atoms with E-state index in [1.807, 2.05) is 20.0 Å². The minimum atomic E-state index is -0.0989. The van der Waals surface area contributed by atoms with E-state index in [2.05, 4.69) is 21.2 Å². The van der Waals surface area contributed by atoms with Gasteiger partial charge in [-0.2, -0.15) is 0 Å². The molecule has 0 aliphatic carbocycles. The normalized spacial score (nSPS) is 24.8. The molecule has 1 N–H and O–H groups in total. The summed E-state index contributed by atoms with van der Waals surface area (Å²) in [7, 11) is 1.88. The number of nitrogens with one attached hydrogen (secondary N) is 1. The molecule has 3 rings (SSSR count). The molecule has 0 aromatic heterocycles. The van der Waals surface area contributed by atoms with Gasteiger partial charge in [0, 0.05) is 43.0 Å². The minimum Gasteiger partial charge on any atom is -0.368 e. The fraction of sp³-hybridized carbons (Fsp3) is 0.625. The first kappa shape index (κ1) is 13.8. The summed E-state index contributed by atoms with van der Waals surface area (Å²) in [6, 6.07) is 6.16. The Morgan fingerprint density at radius 1 is 1.30 bits per heavy atom. The quantitative estimate of drug-likeness (QED) is 0.915. The Morgan fingerprint density at radius 3 is 2.95 bits per heavy atom. The van der Waals surface area contributed by atoms with Crippen molar-refractivity contribution in [2.45, 2.75) is 31.8 Å². The summed E-state index contributed by atoms with van der Waals surface area (Å²) in [5, 5.41) is 3.17. The van der Waals surface area contributed by atoms with Crippen LogP contribution in [0.25, 0.3) is 0 Å². The highest BCUT2D eigenvalue weighted by atomic mass is 19.1. The SMILES string of the molecule is CNC(C)c1c(F)cccc1N1CCN2CCCC2C1. The number of halogens is 1. The van der Waals surface area contributed by atoms with Crippen LogP contribution in [-0.4, -0.2) is 44.2 Å². The minimum absolute atomic E-state index is 0.0350. The highest BCUT2D eigenvalue weighted by molar-refractivity contribution is 5.56. The van der Waals surface area contributed by atoms with Crippen LogP contribution < -0.4 is 10.2 Å². The predicted octanol–water partition coefficient (Wildman–Crippen LogP) is 2.39. The van der Waals surface area contributed by atoms with Crippen LogP contribution in [0.3, 0.4) is 0 Å². The van der Waals surface area contributed by atoms with Crippen LogP contribution in [0.5, 0.6) is 0 Å². The van der Waals surface area contributed by atoms with E-state index in [1.54, 1.807) is 6.07 Å². The van der Waals surface area contributed by atoms with E-state index in [9.17, 15) is 4.39 Å². The molecule has 2 aliphatic heterocycles. The third-order valence-corrected chi connectivity index (χ3v) is 4.82. The molecule has 2 saturated heterocycles. The molecule has 1 aromatic carbocycles. The maximum atomic E-state index is 14.2.